The van der Waals surface area contributed by atoms with Crippen LogP contribution < -0.4 is 5.46 Å². The smallest absolute Gasteiger partial charge is 0.323 e. The van der Waals surface area contributed by atoms with E-state index in [-0.39, 0.29) is 12.7 Å². The summed E-state index contributed by atoms with van der Waals surface area (Å²) in [6.07, 6.45) is 4.75. The van der Waals surface area contributed by atoms with Gasteiger partial charge < -0.3 is 5.02 Å². The van der Waals surface area contributed by atoms with Gasteiger partial charge in [-0.25, -0.2) is 0 Å². The molecule has 2 aromatic carbocycles. The van der Waals surface area contributed by atoms with E-state index in [2.05, 4.69) is 17.7 Å². The van der Waals surface area contributed by atoms with Gasteiger partial charge in [-0.05, 0) is 23.8 Å². The highest BCUT2D eigenvalue weighted by atomic mass is 35.5. The largest absolute Gasteiger partial charge is 0.446 e. The number of Topliss-reactive ketones (excluding diaryl/α,β-unsaturated/α-hetero) is 1. The maximum Gasteiger partial charge on any atom is 0.323 e. The Morgan fingerprint density at radius 1 is 1.12 bits per heavy atom. The monoisotopic (exact) mass is 344 g/mol. The Kier molecular flexibility index (Phi) is 9.43. The van der Waals surface area contributed by atoms with E-state index in [0.29, 0.717) is 6.42 Å². The van der Waals surface area contributed by atoms with E-state index in [1.165, 1.54) is 11.9 Å². The Balaban J connectivity index is 0.000000671. The lowest BCUT2D eigenvalue weighted by Gasteiger charge is -2.19. The fourth-order valence-corrected chi connectivity index (χ4v) is 2.85. The van der Waals surface area contributed by atoms with E-state index in [4.69, 9.17) is 0 Å². The van der Waals surface area contributed by atoms with Crippen LogP contribution in [0.2, 0.25) is 6.32 Å². The summed E-state index contributed by atoms with van der Waals surface area (Å²) in [5.74, 6) is 0.121. The van der Waals surface area contributed by atoms with Gasteiger partial charge in [0.05, 0.1) is 0 Å². The van der Waals surface area contributed by atoms with Gasteiger partial charge >= 0.3 is 6.92 Å². The van der Waals surface area contributed by atoms with E-state index in [1.54, 1.807) is 0 Å². The average Bonchev–Trinajstić information content (AvgIpc) is 2.66. The number of carbonyl (C=O) groups excluding carboxylic acids is 1. The summed E-state index contributed by atoms with van der Waals surface area (Å²) < 4.78 is 0. The van der Waals surface area contributed by atoms with Crippen LogP contribution in [0.1, 0.15) is 41.8 Å². The molecule has 0 unspecified atom stereocenters. The summed E-state index contributed by atoms with van der Waals surface area (Å²) in [5.41, 5.74) is 3.96. The van der Waals surface area contributed by atoms with Crippen LogP contribution in [-0.2, 0) is 12.8 Å². The number of hydrogen-bond donors (Lipinski definition) is 1. The van der Waals surface area contributed by atoms with Crippen LogP contribution in [-0.4, -0.2) is 24.1 Å². The molecule has 0 spiro atoms. The lowest BCUT2D eigenvalue weighted by atomic mass is 9.53. The van der Waals surface area contributed by atoms with Gasteiger partial charge in [-0.2, -0.15) is 0 Å². The minimum absolute atomic E-state index is 0.121. The zero-order chi connectivity index (χ0) is 17.9. The predicted molar refractivity (Wildman–Crippen MR) is 105 cm³/mol. The molecule has 24 heavy (non-hydrogen) atoms. The Hall–Kier alpha value is -1.58. The molecule has 0 fully saturated rings. The van der Waals surface area contributed by atoms with Crippen molar-refractivity contribution < 1.29 is 9.82 Å². The minimum atomic E-state index is -0.370. The number of halogens is 1. The van der Waals surface area contributed by atoms with Crippen LogP contribution in [0.3, 0.4) is 0 Å². The summed E-state index contributed by atoms with van der Waals surface area (Å²) in [6.45, 7) is 3.63. The van der Waals surface area contributed by atoms with Crippen LogP contribution >= 0.6 is 11.6 Å². The van der Waals surface area contributed by atoms with Crippen molar-refractivity contribution in [2.75, 3.05) is 6.38 Å². The van der Waals surface area contributed by atoms with Crippen LogP contribution in [0, 0.1) is 0 Å². The van der Waals surface area contributed by atoms with E-state index < -0.39 is 0 Å². The Bertz CT molecular complexity index is 629. The second-order valence-corrected chi connectivity index (χ2v) is 5.41. The van der Waals surface area contributed by atoms with Gasteiger partial charge in [-0.1, -0.05) is 74.4 Å². The molecule has 1 N–H and O–H groups in total. The number of ketones is 1. The first-order valence-corrected chi connectivity index (χ1v) is 9.25. The number of alkyl halides is 1. The van der Waals surface area contributed by atoms with Crippen molar-refractivity contribution in [3.05, 3.63) is 65.2 Å². The first-order valence-electron chi connectivity index (χ1n) is 8.50. The normalized spacial score (nSPS) is 12.1. The predicted octanol–water partition coefficient (Wildman–Crippen LogP) is 4.13. The third-order valence-electron chi connectivity index (χ3n) is 3.95. The number of benzene rings is 2. The first-order chi connectivity index (χ1) is 11.7. The molecule has 2 aromatic rings. The molecule has 0 saturated carbocycles. The fraction of sp³-hybridized carbons (Fsp3) is 0.350. The van der Waals surface area contributed by atoms with E-state index in [1.807, 2.05) is 56.3 Å². The Morgan fingerprint density at radius 3 is 2.46 bits per heavy atom. The second kappa shape index (κ2) is 11.1. The molecule has 0 bridgehead atoms. The molecule has 1 aliphatic heterocycles. The van der Waals surface area contributed by atoms with Gasteiger partial charge in [0.2, 0.25) is 0 Å². The summed E-state index contributed by atoms with van der Waals surface area (Å²) in [4.78, 5) is 12.2. The summed E-state index contributed by atoms with van der Waals surface area (Å²) in [6, 6.07) is 15.4. The van der Waals surface area contributed by atoms with Crippen molar-refractivity contribution in [1.29, 1.82) is 0 Å². The molecule has 4 heteroatoms. The molecule has 0 amide bonds. The molecular formula is C20H26BClO2. The van der Waals surface area contributed by atoms with Crippen LogP contribution in [0.15, 0.2) is 48.5 Å². The van der Waals surface area contributed by atoms with Crippen LogP contribution in [0.25, 0.3) is 0 Å². The molecule has 0 saturated heterocycles. The molecule has 1 heterocycles. The minimum Gasteiger partial charge on any atom is -0.446 e. The molecular weight excluding hydrogens is 318 g/mol. The third-order valence-corrected chi connectivity index (χ3v) is 3.95. The van der Waals surface area contributed by atoms with E-state index in [0.717, 1.165) is 35.8 Å². The standard InChI is InChI=1S/C17H17BO2.C2H6.CH3Cl/c19-17(15-5-2-1-3-6-15)12-13-8-9-14-7-4-10-18(20)16(14)11-13;2*1-2/h1-3,5-6,8-9,11,20H,4,7,10,12H2;1-2H3;1H3. The highest BCUT2D eigenvalue weighted by Crippen LogP contribution is 2.15. The zero-order valence-electron chi connectivity index (χ0n) is 14.8. The van der Waals surface area contributed by atoms with Gasteiger partial charge in [0.1, 0.15) is 0 Å². The van der Waals surface area contributed by atoms with E-state index in [9.17, 15) is 9.82 Å². The summed E-state index contributed by atoms with van der Waals surface area (Å²) >= 11 is 4.64. The molecule has 0 aromatic heterocycles. The molecule has 1 aliphatic rings. The highest BCUT2D eigenvalue weighted by Gasteiger charge is 2.22. The van der Waals surface area contributed by atoms with Crippen molar-refractivity contribution in [1.82, 2.24) is 0 Å². The van der Waals surface area contributed by atoms with Crippen LogP contribution in [0.4, 0.5) is 0 Å². The maximum absolute atomic E-state index is 12.2. The van der Waals surface area contributed by atoms with Crippen LogP contribution in [0.5, 0.6) is 0 Å². The summed E-state index contributed by atoms with van der Waals surface area (Å²) in [5, 5.41) is 10.1. The van der Waals surface area contributed by atoms with Gasteiger partial charge in [0.15, 0.2) is 5.78 Å². The van der Waals surface area contributed by atoms with Crippen molar-refractivity contribution in [3.63, 3.8) is 0 Å². The second-order valence-electron chi connectivity index (χ2n) is 5.41. The molecule has 0 aliphatic carbocycles. The Morgan fingerprint density at radius 2 is 1.79 bits per heavy atom. The third kappa shape index (κ3) is 5.50. The molecule has 128 valence electrons. The van der Waals surface area contributed by atoms with Gasteiger partial charge in [-0.3, -0.25) is 4.79 Å². The fourth-order valence-electron chi connectivity index (χ4n) is 2.85. The van der Waals surface area contributed by atoms with Crippen molar-refractivity contribution in [3.8, 4) is 0 Å². The van der Waals surface area contributed by atoms with Crippen molar-refractivity contribution >= 4 is 29.8 Å². The lowest BCUT2D eigenvalue weighted by molar-refractivity contribution is 0.0993. The molecule has 0 atom stereocenters. The maximum atomic E-state index is 12.2. The van der Waals surface area contributed by atoms with Gasteiger partial charge in [-0.15, -0.1) is 11.6 Å². The topological polar surface area (TPSA) is 37.3 Å². The summed E-state index contributed by atoms with van der Waals surface area (Å²) in [7, 11) is 0. The molecule has 0 radical (unpaired) electrons. The van der Waals surface area contributed by atoms with E-state index >= 15 is 0 Å². The lowest BCUT2D eigenvalue weighted by Crippen LogP contribution is -2.36. The number of rotatable bonds is 3. The number of hydrogen-bond acceptors (Lipinski definition) is 2. The van der Waals surface area contributed by atoms with Crippen molar-refractivity contribution in [2.24, 2.45) is 0 Å². The Labute approximate surface area is 151 Å². The van der Waals surface area contributed by atoms with Crippen molar-refractivity contribution in [2.45, 2.75) is 39.4 Å². The average molecular weight is 345 g/mol. The molecule has 3 rings (SSSR count). The van der Waals surface area contributed by atoms with Gasteiger partial charge in [0.25, 0.3) is 0 Å². The first kappa shape index (κ1) is 20.5. The number of fused-ring (bicyclic) bond motifs is 1. The zero-order valence-corrected chi connectivity index (χ0v) is 15.5. The number of aryl methyl sites for hydroxylation is 1. The SMILES string of the molecule is CC.CCl.O=C(Cc1ccc2c(c1)B(O)CCC2)c1ccccc1. The highest BCUT2D eigenvalue weighted by molar-refractivity contribution is 6.67. The molecule has 2 nitrogen and oxygen atoms in total. The quantitative estimate of drug-likeness (QED) is 0.516. The van der Waals surface area contributed by atoms with Gasteiger partial charge in [0, 0.05) is 18.4 Å². The number of carbonyl (C=O) groups is 1.